The zero-order valence-corrected chi connectivity index (χ0v) is 15.4. The summed E-state index contributed by atoms with van der Waals surface area (Å²) < 4.78 is 2.15. The van der Waals surface area contributed by atoms with Gasteiger partial charge in [-0.2, -0.15) is 0 Å². The average Bonchev–Trinajstić information content (AvgIpc) is 3.33. The zero-order valence-electron chi connectivity index (χ0n) is 14.6. The molecule has 3 heterocycles. The van der Waals surface area contributed by atoms with Gasteiger partial charge in [0, 0.05) is 43.1 Å². The highest BCUT2D eigenvalue weighted by molar-refractivity contribution is 6.31. The smallest absolute Gasteiger partial charge is 0.232 e. The van der Waals surface area contributed by atoms with Crippen molar-refractivity contribution < 1.29 is 9.59 Å². The molecular formula is C20H22ClN3O2. The van der Waals surface area contributed by atoms with Crippen LogP contribution in [0.25, 0.3) is 0 Å². The highest BCUT2D eigenvalue weighted by Gasteiger charge is 2.34. The van der Waals surface area contributed by atoms with E-state index in [1.165, 1.54) is 0 Å². The lowest BCUT2D eigenvalue weighted by Crippen LogP contribution is -2.44. The minimum absolute atomic E-state index is 0.0636. The summed E-state index contributed by atoms with van der Waals surface area (Å²) in [4.78, 5) is 29.1. The van der Waals surface area contributed by atoms with E-state index in [1.807, 2.05) is 47.5 Å². The Morgan fingerprint density at radius 2 is 1.73 bits per heavy atom. The minimum atomic E-state index is -0.258. The number of carbonyl (C=O) groups excluding carboxylic acids is 2. The molecule has 6 heteroatoms. The number of benzene rings is 1. The van der Waals surface area contributed by atoms with Gasteiger partial charge in [0.2, 0.25) is 11.8 Å². The van der Waals surface area contributed by atoms with Crippen molar-refractivity contribution in [3.05, 3.63) is 58.9 Å². The lowest BCUT2D eigenvalue weighted by atomic mass is 9.99. The van der Waals surface area contributed by atoms with Gasteiger partial charge in [0.25, 0.3) is 0 Å². The number of carbonyl (C=O) groups is 2. The molecule has 136 valence electrons. The molecule has 5 nitrogen and oxygen atoms in total. The fourth-order valence-electron chi connectivity index (χ4n) is 3.99. The molecule has 2 amide bonds. The van der Waals surface area contributed by atoms with Crippen LogP contribution in [0.1, 0.15) is 36.6 Å². The molecule has 2 aromatic rings. The van der Waals surface area contributed by atoms with Crippen molar-refractivity contribution in [2.45, 2.75) is 31.8 Å². The lowest BCUT2D eigenvalue weighted by molar-refractivity contribution is -0.141. The first-order valence-corrected chi connectivity index (χ1v) is 9.49. The predicted octanol–water partition coefficient (Wildman–Crippen LogP) is 3.09. The average molecular weight is 372 g/mol. The van der Waals surface area contributed by atoms with E-state index in [0.717, 1.165) is 43.7 Å². The quantitative estimate of drug-likeness (QED) is 0.778. The van der Waals surface area contributed by atoms with E-state index in [1.54, 1.807) is 4.90 Å². The Kier molecular flexibility index (Phi) is 4.72. The number of fused-ring (bicyclic) bond motifs is 1. The van der Waals surface area contributed by atoms with Crippen LogP contribution >= 0.6 is 11.6 Å². The first-order valence-electron chi connectivity index (χ1n) is 9.12. The van der Waals surface area contributed by atoms with Crippen molar-refractivity contribution in [1.82, 2.24) is 14.4 Å². The molecule has 1 saturated heterocycles. The molecular weight excluding hydrogens is 350 g/mol. The molecule has 1 fully saturated rings. The van der Waals surface area contributed by atoms with Gasteiger partial charge in [-0.3, -0.25) is 9.59 Å². The Morgan fingerprint density at radius 1 is 0.962 bits per heavy atom. The van der Waals surface area contributed by atoms with E-state index in [4.69, 9.17) is 11.6 Å². The fourth-order valence-corrected chi connectivity index (χ4v) is 4.22. The van der Waals surface area contributed by atoms with Gasteiger partial charge >= 0.3 is 0 Å². The molecule has 4 rings (SSSR count). The van der Waals surface area contributed by atoms with Crippen molar-refractivity contribution in [3.8, 4) is 0 Å². The normalized spacial score (nSPS) is 19.5. The molecule has 1 atom stereocenters. The predicted molar refractivity (Wildman–Crippen MR) is 99.9 cm³/mol. The number of halogens is 1. The van der Waals surface area contributed by atoms with E-state index >= 15 is 0 Å². The Hall–Kier alpha value is -2.27. The number of rotatable bonds is 3. The number of likely N-dealkylation sites (tertiary alicyclic amines) is 1. The third-order valence-corrected chi connectivity index (χ3v) is 5.66. The summed E-state index contributed by atoms with van der Waals surface area (Å²) in [6.07, 6.45) is 4.01. The van der Waals surface area contributed by atoms with Gasteiger partial charge in [0.1, 0.15) is 6.42 Å². The van der Waals surface area contributed by atoms with Crippen molar-refractivity contribution in [2.75, 3.05) is 19.6 Å². The van der Waals surface area contributed by atoms with E-state index in [9.17, 15) is 9.59 Å². The maximum atomic E-state index is 13.0. The van der Waals surface area contributed by atoms with E-state index in [0.29, 0.717) is 11.6 Å². The molecule has 0 bridgehead atoms. The lowest BCUT2D eigenvalue weighted by Gasteiger charge is -2.38. The van der Waals surface area contributed by atoms with Crippen LogP contribution in [-0.2, 0) is 16.1 Å². The number of hydrogen-bond acceptors (Lipinski definition) is 2. The van der Waals surface area contributed by atoms with Gasteiger partial charge in [-0.15, -0.1) is 0 Å². The van der Waals surface area contributed by atoms with Gasteiger partial charge in [0.15, 0.2) is 0 Å². The van der Waals surface area contributed by atoms with E-state index in [-0.39, 0.29) is 24.3 Å². The van der Waals surface area contributed by atoms with Crippen molar-refractivity contribution in [2.24, 2.45) is 0 Å². The zero-order chi connectivity index (χ0) is 18.1. The van der Waals surface area contributed by atoms with Crippen LogP contribution in [0, 0.1) is 0 Å². The van der Waals surface area contributed by atoms with Gasteiger partial charge < -0.3 is 14.4 Å². The van der Waals surface area contributed by atoms with Crippen molar-refractivity contribution in [3.63, 3.8) is 0 Å². The summed E-state index contributed by atoms with van der Waals surface area (Å²) in [5, 5.41) is 0.635. The largest absolute Gasteiger partial charge is 0.348 e. The molecule has 0 spiro atoms. The first-order chi connectivity index (χ1) is 12.6. The molecule has 0 N–H and O–H groups in total. The van der Waals surface area contributed by atoms with E-state index in [2.05, 4.69) is 4.57 Å². The van der Waals surface area contributed by atoms with Crippen molar-refractivity contribution >= 4 is 23.4 Å². The van der Waals surface area contributed by atoms with Gasteiger partial charge in [-0.25, -0.2) is 0 Å². The minimum Gasteiger partial charge on any atom is -0.348 e. The van der Waals surface area contributed by atoms with Crippen LogP contribution in [0.4, 0.5) is 0 Å². The standard InChI is InChI=1S/C20H22ClN3O2/c21-16-7-2-1-6-15(16)20-17-8-5-11-22(17)12-13-24(20)19(26)14-18(25)23-9-3-4-10-23/h1-2,5-8,11,20H,3-4,9-10,12-14H2. The number of amides is 2. The summed E-state index contributed by atoms with van der Waals surface area (Å²) in [6.45, 7) is 2.84. The number of aromatic nitrogens is 1. The second-order valence-electron chi connectivity index (χ2n) is 6.90. The molecule has 1 aromatic heterocycles. The highest BCUT2D eigenvalue weighted by Crippen LogP contribution is 2.36. The van der Waals surface area contributed by atoms with Crippen LogP contribution in [0.5, 0.6) is 0 Å². The van der Waals surface area contributed by atoms with Crippen LogP contribution in [-0.4, -0.2) is 45.8 Å². The Bertz CT molecular complexity index is 826. The Labute approximate surface area is 158 Å². The molecule has 2 aliphatic heterocycles. The Balaban J connectivity index is 1.62. The molecule has 0 aliphatic carbocycles. The summed E-state index contributed by atoms with van der Waals surface area (Å²) in [7, 11) is 0. The molecule has 1 unspecified atom stereocenters. The summed E-state index contributed by atoms with van der Waals surface area (Å²) in [5.74, 6) is -0.189. The van der Waals surface area contributed by atoms with Gasteiger partial charge in [0.05, 0.1) is 6.04 Å². The summed E-state index contributed by atoms with van der Waals surface area (Å²) in [6, 6.07) is 11.4. The van der Waals surface area contributed by atoms with E-state index < -0.39 is 0 Å². The van der Waals surface area contributed by atoms with Crippen molar-refractivity contribution in [1.29, 1.82) is 0 Å². The summed E-state index contributed by atoms with van der Waals surface area (Å²) >= 11 is 6.45. The molecule has 0 radical (unpaired) electrons. The maximum Gasteiger partial charge on any atom is 0.232 e. The van der Waals surface area contributed by atoms with Gasteiger partial charge in [-0.1, -0.05) is 29.8 Å². The second-order valence-corrected chi connectivity index (χ2v) is 7.31. The van der Waals surface area contributed by atoms with Crippen LogP contribution in [0.2, 0.25) is 5.02 Å². The molecule has 26 heavy (non-hydrogen) atoms. The van der Waals surface area contributed by atoms with Gasteiger partial charge in [-0.05, 0) is 36.6 Å². The highest BCUT2D eigenvalue weighted by atomic mass is 35.5. The monoisotopic (exact) mass is 371 g/mol. The van der Waals surface area contributed by atoms with Crippen LogP contribution in [0.15, 0.2) is 42.6 Å². The number of hydrogen-bond donors (Lipinski definition) is 0. The molecule has 0 saturated carbocycles. The second kappa shape index (κ2) is 7.16. The first kappa shape index (κ1) is 17.2. The molecule has 2 aliphatic rings. The SMILES string of the molecule is O=C(CC(=O)N1CCn2cccc2C1c1ccccc1Cl)N1CCCC1. The van der Waals surface area contributed by atoms with Crippen LogP contribution < -0.4 is 0 Å². The molecule has 1 aromatic carbocycles. The Morgan fingerprint density at radius 3 is 2.50 bits per heavy atom. The number of nitrogens with zero attached hydrogens (tertiary/aromatic N) is 3. The summed E-state index contributed by atoms with van der Waals surface area (Å²) in [5.41, 5.74) is 1.93. The fraction of sp³-hybridized carbons (Fsp3) is 0.400. The van der Waals surface area contributed by atoms with Crippen LogP contribution in [0.3, 0.4) is 0 Å². The third-order valence-electron chi connectivity index (χ3n) is 5.32. The third kappa shape index (κ3) is 3.12. The topological polar surface area (TPSA) is 45.6 Å². The maximum absolute atomic E-state index is 13.0.